The minimum absolute atomic E-state index is 0.297. The molecule has 1 aromatic carbocycles. The van der Waals surface area contributed by atoms with Gasteiger partial charge in [-0.05, 0) is 12.5 Å². The molecule has 1 rings (SSSR count). The zero-order valence-corrected chi connectivity index (χ0v) is 9.43. The molecule has 0 aromatic heterocycles. The quantitative estimate of drug-likeness (QED) is 0.430. The summed E-state index contributed by atoms with van der Waals surface area (Å²) in [4.78, 5) is 11.2. The molecule has 0 N–H and O–H groups in total. The first-order valence-corrected chi connectivity index (χ1v) is 5.33. The summed E-state index contributed by atoms with van der Waals surface area (Å²) >= 11 is 0. The molecule has 0 bridgehead atoms. The molecule has 0 saturated carbocycles. The number of esters is 1. The number of hydrogen-bond donors (Lipinski definition) is 0. The van der Waals surface area contributed by atoms with E-state index in [0.29, 0.717) is 6.61 Å². The van der Waals surface area contributed by atoms with Gasteiger partial charge < -0.3 is 4.74 Å². The van der Waals surface area contributed by atoms with E-state index in [2.05, 4.69) is 0 Å². The molecule has 16 heavy (non-hydrogen) atoms. The van der Waals surface area contributed by atoms with Gasteiger partial charge in [-0.1, -0.05) is 48.6 Å². The van der Waals surface area contributed by atoms with Crippen LogP contribution < -0.4 is 0 Å². The predicted molar refractivity (Wildman–Crippen MR) is 65.1 cm³/mol. The third-order valence-electron chi connectivity index (χ3n) is 2.01. The molecule has 0 amide bonds. The van der Waals surface area contributed by atoms with Crippen molar-refractivity contribution in [2.75, 3.05) is 6.61 Å². The molecule has 2 nitrogen and oxygen atoms in total. The first-order valence-electron chi connectivity index (χ1n) is 5.33. The fourth-order valence-electron chi connectivity index (χ4n) is 1.21. The normalized spacial score (nSPS) is 11.1. The van der Waals surface area contributed by atoms with Gasteiger partial charge in [-0.3, -0.25) is 0 Å². The monoisotopic (exact) mass is 216 g/mol. The van der Waals surface area contributed by atoms with E-state index >= 15 is 0 Å². The van der Waals surface area contributed by atoms with Crippen molar-refractivity contribution >= 4 is 5.97 Å². The van der Waals surface area contributed by atoms with Crippen LogP contribution in [0.1, 0.15) is 12.5 Å². The smallest absolute Gasteiger partial charge is 0.330 e. The van der Waals surface area contributed by atoms with Crippen LogP contribution in [0.15, 0.2) is 54.6 Å². The number of ether oxygens (including phenoxy) is 1. The number of allylic oxidation sites excluding steroid dienone is 3. The largest absolute Gasteiger partial charge is 0.462 e. The lowest BCUT2D eigenvalue weighted by atomic mass is 10.2. The molecule has 0 fully saturated rings. The molecule has 0 saturated heterocycles. The number of carbonyl (C=O) groups excluding carboxylic acids is 1. The minimum Gasteiger partial charge on any atom is -0.462 e. The summed E-state index contributed by atoms with van der Waals surface area (Å²) in [5.41, 5.74) is 1.17. The van der Waals surface area contributed by atoms with Crippen molar-refractivity contribution in [3.63, 3.8) is 0 Å². The first kappa shape index (κ1) is 12.2. The van der Waals surface area contributed by atoms with Gasteiger partial charge in [0.2, 0.25) is 0 Å². The lowest BCUT2D eigenvalue weighted by Gasteiger charge is -2.01. The second-order valence-electron chi connectivity index (χ2n) is 3.29. The van der Waals surface area contributed by atoms with Gasteiger partial charge in [-0.2, -0.15) is 0 Å². The van der Waals surface area contributed by atoms with Crippen molar-refractivity contribution in [3.8, 4) is 0 Å². The summed E-state index contributed by atoms with van der Waals surface area (Å²) in [7, 11) is 0. The Kier molecular flexibility index (Phi) is 5.71. The van der Waals surface area contributed by atoms with Crippen molar-refractivity contribution in [2.24, 2.45) is 0 Å². The van der Waals surface area contributed by atoms with E-state index in [0.717, 1.165) is 6.42 Å². The Bertz CT molecular complexity index is 364. The van der Waals surface area contributed by atoms with E-state index in [4.69, 9.17) is 4.74 Å². The summed E-state index contributed by atoms with van der Waals surface area (Å²) < 4.78 is 5.03. The summed E-state index contributed by atoms with van der Waals surface area (Å²) in [5, 5.41) is 0. The lowest BCUT2D eigenvalue weighted by molar-refractivity contribution is -0.137. The molecule has 0 aliphatic carbocycles. The fraction of sp³-hybridized carbons (Fsp3) is 0.214. The van der Waals surface area contributed by atoms with Crippen molar-refractivity contribution in [1.29, 1.82) is 0 Å². The highest BCUT2D eigenvalue weighted by atomic mass is 16.5. The van der Waals surface area contributed by atoms with Crippen LogP contribution in [0.4, 0.5) is 0 Å². The molecule has 2 heteroatoms. The second kappa shape index (κ2) is 7.46. The Labute approximate surface area is 96.2 Å². The maximum absolute atomic E-state index is 11.2. The number of carbonyl (C=O) groups is 1. The first-order chi connectivity index (χ1) is 7.83. The Hall–Kier alpha value is -1.83. The highest BCUT2D eigenvalue weighted by Crippen LogP contribution is 1.99. The summed E-state index contributed by atoms with van der Waals surface area (Å²) in [6, 6.07) is 9.95. The van der Waals surface area contributed by atoms with Crippen molar-refractivity contribution in [3.05, 3.63) is 60.2 Å². The molecule has 0 spiro atoms. The van der Waals surface area contributed by atoms with Gasteiger partial charge in [-0.15, -0.1) is 0 Å². The van der Waals surface area contributed by atoms with Crippen LogP contribution in [-0.4, -0.2) is 12.6 Å². The van der Waals surface area contributed by atoms with E-state index < -0.39 is 0 Å². The van der Waals surface area contributed by atoms with E-state index in [1.54, 1.807) is 12.2 Å². The molecule has 0 heterocycles. The van der Waals surface area contributed by atoms with E-state index in [9.17, 15) is 4.79 Å². The number of hydrogen-bond acceptors (Lipinski definition) is 2. The minimum atomic E-state index is -0.297. The topological polar surface area (TPSA) is 26.3 Å². The molecule has 0 aliphatic heterocycles. The van der Waals surface area contributed by atoms with Crippen LogP contribution in [0.2, 0.25) is 0 Å². The molecular formula is C14H16O2. The summed E-state index contributed by atoms with van der Waals surface area (Å²) in [6.45, 7) is 2.31. The van der Waals surface area contributed by atoms with Gasteiger partial charge in [-0.25, -0.2) is 4.79 Å². The van der Waals surface area contributed by atoms with Crippen molar-refractivity contribution in [1.82, 2.24) is 0 Å². The highest BCUT2D eigenvalue weighted by molar-refractivity contribution is 5.82. The number of benzene rings is 1. The number of rotatable bonds is 5. The Balaban J connectivity index is 2.23. The molecular weight excluding hydrogens is 200 g/mol. The van der Waals surface area contributed by atoms with Gasteiger partial charge in [0, 0.05) is 12.5 Å². The average Bonchev–Trinajstić information content (AvgIpc) is 2.31. The third kappa shape index (κ3) is 5.15. The van der Waals surface area contributed by atoms with Gasteiger partial charge in [0.05, 0.1) is 6.61 Å². The van der Waals surface area contributed by atoms with Crippen LogP contribution in [0.3, 0.4) is 0 Å². The molecule has 0 radical (unpaired) electrons. The molecule has 1 aromatic rings. The second-order valence-corrected chi connectivity index (χ2v) is 3.29. The van der Waals surface area contributed by atoms with Crippen LogP contribution in [-0.2, 0) is 16.0 Å². The Morgan fingerprint density at radius 3 is 2.69 bits per heavy atom. The van der Waals surface area contributed by atoms with Gasteiger partial charge in [0.1, 0.15) is 0 Å². The highest BCUT2D eigenvalue weighted by Gasteiger charge is 1.96. The average molecular weight is 216 g/mol. The van der Waals surface area contributed by atoms with E-state index in [-0.39, 0.29) is 5.97 Å². The van der Waals surface area contributed by atoms with Crippen LogP contribution in [0, 0.1) is 0 Å². The van der Waals surface area contributed by atoms with Gasteiger partial charge in [0.25, 0.3) is 0 Å². The maximum atomic E-state index is 11.2. The zero-order valence-electron chi connectivity index (χ0n) is 9.43. The SMILES string of the molecule is CC=CC=CC(=O)OCCc1ccccc1. The fourth-order valence-corrected chi connectivity index (χ4v) is 1.21. The van der Waals surface area contributed by atoms with E-state index in [1.165, 1.54) is 11.6 Å². The van der Waals surface area contributed by atoms with E-state index in [1.807, 2.05) is 43.3 Å². The van der Waals surface area contributed by atoms with Gasteiger partial charge >= 0.3 is 5.97 Å². The third-order valence-corrected chi connectivity index (χ3v) is 2.01. The van der Waals surface area contributed by atoms with Crippen LogP contribution in [0.5, 0.6) is 0 Å². The van der Waals surface area contributed by atoms with Crippen molar-refractivity contribution < 1.29 is 9.53 Å². The summed E-state index contributed by atoms with van der Waals surface area (Å²) in [5.74, 6) is -0.297. The van der Waals surface area contributed by atoms with Crippen LogP contribution >= 0.6 is 0 Å². The van der Waals surface area contributed by atoms with Gasteiger partial charge in [0.15, 0.2) is 0 Å². The standard InChI is InChI=1S/C14H16O2/c1-2-3-5-10-14(15)16-12-11-13-8-6-4-7-9-13/h2-10H,11-12H2,1H3. The Morgan fingerprint density at radius 1 is 1.25 bits per heavy atom. The Morgan fingerprint density at radius 2 is 2.00 bits per heavy atom. The molecule has 84 valence electrons. The molecule has 0 atom stereocenters. The van der Waals surface area contributed by atoms with Crippen LogP contribution in [0.25, 0.3) is 0 Å². The van der Waals surface area contributed by atoms with Crippen molar-refractivity contribution in [2.45, 2.75) is 13.3 Å². The summed E-state index contributed by atoms with van der Waals surface area (Å²) in [6.07, 6.45) is 7.49. The molecule has 0 unspecified atom stereocenters. The maximum Gasteiger partial charge on any atom is 0.330 e. The predicted octanol–water partition coefficient (Wildman–Crippen LogP) is 2.90. The molecule has 0 aliphatic rings. The zero-order chi connectivity index (χ0) is 11.6. The lowest BCUT2D eigenvalue weighted by Crippen LogP contribution is -2.04.